The van der Waals surface area contributed by atoms with Crippen LogP contribution >= 0.6 is 0 Å². The molecule has 3 heterocycles. The molecule has 3 rings (SSSR count). The van der Waals surface area contributed by atoms with E-state index in [9.17, 15) is 0 Å². The summed E-state index contributed by atoms with van der Waals surface area (Å²) >= 11 is 0. The third-order valence-corrected chi connectivity index (χ3v) is 2.98. The van der Waals surface area contributed by atoms with Gasteiger partial charge in [-0.05, 0) is 32.0 Å². The molecular weight excluding hydrogens is 224 g/mol. The molecule has 0 bridgehead atoms. The molecule has 1 aliphatic rings. The van der Waals surface area contributed by atoms with E-state index in [1.165, 1.54) is 17.0 Å². The molecule has 1 saturated heterocycles. The second-order valence-electron chi connectivity index (χ2n) is 4.22. The van der Waals surface area contributed by atoms with E-state index in [-0.39, 0.29) is 6.10 Å². The van der Waals surface area contributed by atoms with E-state index in [0.717, 1.165) is 12.4 Å². The zero-order chi connectivity index (χ0) is 13.1. The second kappa shape index (κ2) is 5.36. The second-order valence-corrected chi connectivity index (χ2v) is 4.22. The molecule has 0 saturated carbocycles. The van der Waals surface area contributed by atoms with Crippen molar-refractivity contribution in [2.75, 3.05) is 6.61 Å². The summed E-state index contributed by atoms with van der Waals surface area (Å²) in [6, 6.07) is 8.36. The van der Waals surface area contributed by atoms with Gasteiger partial charge in [-0.2, -0.15) is 0 Å². The monoisotopic (exact) mass is 244 g/mol. The maximum Gasteiger partial charge on any atom is 0.136 e. The predicted octanol–water partition coefficient (Wildman–Crippen LogP) is 3.59. The number of epoxide rings is 1. The van der Waals surface area contributed by atoms with Gasteiger partial charge in [0.05, 0.1) is 6.61 Å². The van der Waals surface area contributed by atoms with Gasteiger partial charge in [-0.25, -0.2) is 4.98 Å². The van der Waals surface area contributed by atoms with Crippen molar-refractivity contribution in [3.8, 4) is 5.82 Å². The third-order valence-electron chi connectivity index (χ3n) is 2.98. The van der Waals surface area contributed by atoms with Crippen LogP contribution in [0.5, 0.6) is 0 Å². The van der Waals surface area contributed by atoms with Gasteiger partial charge >= 0.3 is 0 Å². The van der Waals surface area contributed by atoms with Crippen LogP contribution < -0.4 is 0 Å². The minimum atomic E-state index is 0.286. The van der Waals surface area contributed by atoms with Crippen LogP contribution in [-0.4, -0.2) is 16.2 Å². The average molecular weight is 244 g/mol. The van der Waals surface area contributed by atoms with E-state index in [4.69, 9.17) is 4.74 Å². The van der Waals surface area contributed by atoms with Crippen LogP contribution in [0.1, 0.15) is 36.9 Å². The lowest BCUT2D eigenvalue weighted by molar-refractivity contribution is 0.415. The van der Waals surface area contributed by atoms with Crippen LogP contribution in [-0.2, 0) is 4.74 Å². The van der Waals surface area contributed by atoms with Gasteiger partial charge < -0.3 is 9.30 Å². The fourth-order valence-electron chi connectivity index (χ4n) is 1.99. The number of aromatic nitrogens is 2. The molecule has 0 radical (unpaired) electrons. The predicted molar refractivity (Wildman–Crippen MR) is 73.1 cm³/mol. The molecule has 3 nitrogen and oxygen atoms in total. The van der Waals surface area contributed by atoms with Crippen molar-refractivity contribution in [1.82, 2.24) is 9.55 Å². The Morgan fingerprint density at radius 2 is 1.72 bits per heavy atom. The largest absolute Gasteiger partial charge is 0.368 e. The number of pyridine rings is 1. The number of nitrogens with zero attached hydrogens (tertiary/aromatic N) is 2. The molecule has 1 unspecified atom stereocenters. The molecule has 0 aromatic carbocycles. The van der Waals surface area contributed by atoms with E-state index in [0.29, 0.717) is 0 Å². The van der Waals surface area contributed by atoms with Crippen molar-refractivity contribution in [1.29, 1.82) is 0 Å². The highest BCUT2D eigenvalue weighted by atomic mass is 16.6. The van der Waals surface area contributed by atoms with Gasteiger partial charge in [0.1, 0.15) is 11.9 Å². The molecule has 1 aliphatic heterocycles. The number of hydrogen-bond donors (Lipinski definition) is 0. The normalized spacial score (nSPS) is 17.0. The Bertz CT molecular complexity index is 490. The van der Waals surface area contributed by atoms with E-state index in [2.05, 4.69) is 47.7 Å². The lowest BCUT2D eigenvalue weighted by Crippen LogP contribution is -2.01. The quantitative estimate of drug-likeness (QED) is 0.756. The molecule has 3 heteroatoms. The van der Waals surface area contributed by atoms with E-state index in [1.54, 1.807) is 0 Å². The van der Waals surface area contributed by atoms with Crippen LogP contribution in [0.4, 0.5) is 0 Å². The van der Waals surface area contributed by atoms with E-state index >= 15 is 0 Å². The molecule has 96 valence electrons. The number of aryl methyl sites for hydroxylation is 2. The molecule has 18 heavy (non-hydrogen) atoms. The summed E-state index contributed by atoms with van der Waals surface area (Å²) in [4.78, 5) is 4.49. The van der Waals surface area contributed by atoms with Gasteiger partial charge in [-0.1, -0.05) is 19.9 Å². The Hall–Kier alpha value is -1.61. The Morgan fingerprint density at radius 3 is 2.17 bits per heavy atom. The van der Waals surface area contributed by atoms with Crippen molar-refractivity contribution in [3.63, 3.8) is 0 Å². The number of rotatable bonds is 2. The summed E-state index contributed by atoms with van der Waals surface area (Å²) in [7, 11) is 0. The minimum absolute atomic E-state index is 0.286. The van der Waals surface area contributed by atoms with Gasteiger partial charge in [-0.15, -0.1) is 0 Å². The summed E-state index contributed by atoms with van der Waals surface area (Å²) in [6.45, 7) is 9.02. The van der Waals surface area contributed by atoms with Crippen LogP contribution in [0, 0.1) is 13.8 Å². The SMILES string of the molecule is CC.Cc1ccc(C)n1-c1ccc(C2CO2)cn1. The van der Waals surface area contributed by atoms with Crippen molar-refractivity contribution in [2.45, 2.75) is 33.8 Å². The van der Waals surface area contributed by atoms with Crippen LogP contribution in [0.25, 0.3) is 5.82 Å². The van der Waals surface area contributed by atoms with Crippen molar-refractivity contribution in [3.05, 3.63) is 47.4 Å². The first kappa shape index (κ1) is 12.8. The highest BCUT2D eigenvalue weighted by Gasteiger charge is 2.24. The van der Waals surface area contributed by atoms with Gasteiger partial charge in [0.15, 0.2) is 0 Å². The maximum absolute atomic E-state index is 5.23. The minimum Gasteiger partial charge on any atom is -0.368 e. The summed E-state index contributed by atoms with van der Waals surface area (Å²) in [5.74, 6) is 0.976. The van der Waals surface area contributed by atoms with Crippen LogP contribution in [0.2, 0.25) is 0 Å². The molecule has 0 amide bonds. The first-order chi connectivity index (χ1) is 8.75. The molecule has 2 aromatic rings. The average Bonchev–Trinajstić information content (AvgIpc) is 3.20. The molecule has 0 aliphatic carbocycles. The van der Waals surface area contributed by atoms with Gasteiger partial charge in [0.2, 0.25) is 0 Å². The molecule has 2 aromatic heterocycles. The lowest BCUT2D eigenvalue weighted by Gasteiger charge is -2.08. The highest BCUT2D eigenvalue weighted by Crippen LogP contribution is 2.29. The first-order valence-electron chi connectivity index (χ1n) is 6.48. The maximum atomic E-state index is 5.23. The standard InChI is InChI=1S/C13H14N2O.C2H6/c1-9-3-4-10(2)15(9)13-6-5-11(7-14-13)12-8-16-12;1-2/h3-7,12H,8H2,1-2H3;1-2H3. The lowest BCUT2D eigenvalue weighted by atomic mass is 10.2. The third kappa shape index (κ3) is 2.46. The number of ether oxygens (including phenoxy) is 1. The summed E-state index contributed by atoms with van der Waals surface area (Å²) in [6.07, 6.45) is 2.19. The van der Waals surface area contributed by atoms with E-state index < -0.39 is 0 Å². The molecule has 1 atom stereocenters. The fourth-order valence-corrected chi connectivity index (χ4v) is 1.99. The van der Waals surface area contributed by atoms with Crippen LogP contribution in [0.3, 0.4) is 0 Å². The molecule has 0 N–H and O–H groups in total. The first-order valence-corrected chi connectivity index (χ1v) is 6.48. The zero-order valence-corrected chi connectivity index (χ0v) is 11.5. The van der Waals surface area contributed by atoms with Gasteiger partial charge in [0, 0.05) is 23.1 Å². The Labute approximate surface area is 108 Å². The van der Waals surface area contributed by atoms with Crippen LogP contribution in [0.15, 0.2) is 30.5 Å². The Balaban J connectivity index is 0.000000574. The molecular formula is C15H20N2O. The summed E-state index contributed by atoms with van der Waals surface area (Å²) < 4.78 is 7.38. The zero-order valence-electron chi connectivity index (χ0n) is 11.5. The molecule has 0 spiro atoms. The summed E-state index contributed by atoms with van der Waals surface area (Å²) in [5, 5.41) is 0. The van der Waals surface area contributed by atoms with E-state index in [1.807, 2.05) is 20.0 Å². The topological polar surface area (TPSA) is 30.4 Å². The Morgan fingerprint density at radius 1 is 1.11 bits per heavy atom. The van der Waals surface area contributed by atoms with Gasteiger partial charge in [0.25, 0.3) is 0 Å². The highest BCUT2D eigenvalue weighted by molar-refractivity contribution is 5.33. The molecule has 1 fully saturated rings. The fraction of sp³-hybridized carbons (Fsp3) is 0.400. The summed E-state index contributed by atoms with van der Waals surface area (Å²) in [5.41, 5.74) is 3.59. The van der Waals surface area contributed by atoms with Crippen molar-refractivity contribution >= 4 is 0 Å². The van der Waals surface area contributed by atoms with Crippen molar-refractivity contribution in [2.24, 2.45) is 0 Å². The smallest absolute Gasteiger partial charge is 0.136 e. The van der Waals surface area contributed by atoms with Crippen molar-refractivity contribution < 1.29 is 4.74 Å². The Kier molecular flexibility index (Phi) is 3.82. The number of hydrogen-bond acceptors (Lipinski definition) is 2. The van der Waals surface area contributed by atoms with Gasteiger partial charge in [-0.3, -0.25) is 0 Å².